The van der Waals surface area contributed by atoms with E-state index in [0.29, 0.717) is 5.11 Å². The van der Waals surface area contributed by atoms with Crippen LogP contribution >= 0.6 is 12.2 Å². The van der Waals surface area contributed by atoms with Crippen molar-refractivity contribution in [2.45, 2.75) is 53.6 Å². The van der Waals surface area contributed by atoms with Gasteiger partial charge >= 0.3 is 0 Å². The van der Waals surface area contributed by atoms with E-state index in [4.69, 9.17) is 21.9 Å². The SMILES string of the molecule is COCC(=O)Nc1ccc(N2C(=S)N[C@H](c3ccccn3)[C@@H]2c2cc(C)n(-c3c(C)cc(C)cc3C)c2C)cc1C. The van der Waals surface area contributed by atoms with Crippen LogP contribution < -0.4 is 15.5 Å². The van der Waals surface area contributed by atoms with Crippen molar-refractivity contribution in [2.75, 3.05) is 23.9 Å². The third-order valence-electron chi connectivity index (χ3n) is 7.78. The molecule has 1 aliphatic rings. The Kier molecular flexibility index (Phi) is 7.98. The summed E-state index contributed by atoms with van der Waals surface area (Å²) in [6.07, 6.45) is 1.82. The molecule has 5 rings (SSSR count). The third-order valence-corrected chi connectivity index (χ3v) is 8.10. The summed E-state index contributed by atoms with van der Waals surface area (Å²) in [6.45, 7) is 12.8. The summed E-state index contributed by atoms with van der Waals surface area (Å²) in [7, 11) is 1.51. The first-order valence-electron chi connectivity index (χ1n) is 13.8. The molecule has 0 bridgehead atoms. The molecular weight excluding hydrogens is 530 g/mol. The molecule has 0 spiro atoms. The van der Waals surface area contributed by atoms with Gasteiger partial charge in [0.05, 0.1) is 23.5 Å². The van der Waals surface area contributed by atoms with Crippen molar-refractivity contribution >= 4 is 34.6 Å². The van der Waals surface area contributed by atoms with Gasteiger partial charge in [-0.05, 0) is 112 Å². The maximum absolute atomic E-state index is 12.2. The van der Waals surface area contributed by atoms with E-state index in [0.717, 1.165) is 28.3 Å². The Bertz CT molecular complexity index is 1610. The molecule has 0 aliphatic carbocycles. The molecule has 0 saturated carbocycles. The molecule has 0 unspecified atom stereocenters. The van der Waals surface area contributed by atoms with Crippen molar-refractivity contribution in [3.8, 4) is 5.69 Å². The molecule has 4 aromatic rings. The predicted molar refractivity (Wildman–Crippen MR) is 169 cm³/mol. The van der Waals surface area contributed by atoms with E-state index in [1.54, 1.807) is 0 Å². The Balaban J connectivity index is 1.64. The van der Waals surface area contributed by atoms with E-state index >= 15 is 0 Å². The molecule has 7 nitrogen and oxygen atoms in total. The van der Waals surface area contributed by atoms with Crippen LogP contribution in [0.4, 0.5) is 11.4 Å². The van der Waals surface area contributed by atoms with Gasteiger partial charge in [-0.15, -0.1) is 0 Å². The van der Waals surface area contributed by atoms with Crippen LogP contribution in [-0.2, 0) is 9.53 Å². The maximum atomic E-state index is 12.2. The zero-order valence-corrected chi connectivity index (χ0v) is 25.5. The summed E-state index contributed by atoms with van der Waals surface area (Å²) in [5.41, 5.74) is 12.0. The first-order chi connectivity index (χ1) is 19.6. The molecule has 41 heavy (non-hydrogen) atoms. The molecule has 1 fully saturated rings. The number of carbonyl (C=O) groups is 1. The number of hydrogen-bond acceptors (Lipinski definition) is 4. The molecule has 1 saturated heterocycles. The van der Waals surface area contributed by atoms with Gasteiger partial charge in [-0.1, -0.05) is 23.8 Å². The van der Waals surface area contributed by atoms with E-state index in [-0.39, 0.29) is 24.6 Å². The number of aromatic nitrogens is 2. The van der Waals surface area contributed by atoms with Gasteiger partial charge in [0.1, 0.15) is 6.61 Å². The van der Waals surface area contributed by atoms with Crippen molar-refractivity contribution in [2.24, 2.45) is 0 Å². The minimum absolute atomic E-state index is 0.00466. The van der Waals surface area contributed by atoms with Crippen LogP contribution in [0.2, 0.25) is 0 Å². The van der Waals surface area contributed by atoms with Gasteiger partial charge in [-0.3, -0.25) is 9.78 Å². The molecule has 2 aromatic carbocycles. The fraction of sp³-hybridized carbons (Fsp3) is 0.303. The highest BCUT2D eigenvalue weighted by molar-refractivity contribution is 7.80. The van der Waals surface area contributed by atoms with Crippen LogP contribution in [0.1, 0.15) is 57.0 Å². The first-order valence-corrected chi connectivity index (χ1v) is 14.2. The minimum Gasteiger partial charge on any atom is -0.375 e. The molecule has 1 aliphatic heterocycles. The molecule has 1 amide bonds. The molecule has 8 heteroatoms. The summed E-state index contributed by atoms with van der Waals surface area (Å²) in [4.78, 5) is 19.1. The number of aryl methyl sites for hydroxylation is 5. The molecule has 2 N–H and O–H groups in total. The quantitative estimate of drug-likeness (QED) is 0.249. The Hall–Kier alpha value is -4.01. The number of benzene rings is 2. The Morgan fingerprint density at radius 1 is 1.00 bits per heavy atom. The second kappa shape index (κ2) is 11.5. The monoisotopic (exact) mass is 567 g/mol. The third kappa shape index (κ3) is 5.37. The number of carbonyl (C=O) groups excluding carboxylic acids is 1. The minimum atomic E-state index is -0.191. The molecular formula is C33H37N5O2S. The van der Waals surface area contributed by atoms with E-state index in [2.05, 4.69) is 79.0 Å². The van der Waals surface area contributed by atoms with Crippen LogP contribution in [0.15, 0.2) is 60.8 Å². The topological polar surface area (TPSA) is 71.4 Å². The van der Waals surface area contributed by atoms with Gasteiger partial charge in [0.2, 0.25) is 5.91 Å². The second-order valence-electron chi connectivity index (χ2n) is 10.9. The lowest BCUT2D eigenvalue weighted by Crippen LogP contribution is -2.29. The number of nitrogens with zero attached hydrogens (tertiary/aromatic N) is 3. The number of rotatable bonds is 7. The lowest BCUT2D eigenvalue weighted by atomic mass is 9.96. The van der Waals surface area contributed by atoms with Crippen molar-refractivity contribution < 1.29 is 9.53 Å². The predicted octanol–water partition coefficient (Wildman–Crippen LogP) is 6.48. The average Bonchev–Trinajstić information content (AvgIpc) is 3.41. The first kappa shape index (κ1) is 28.5. The lowest BCUT2D eigenvalue weighted by molar-refractivity contribution is -0.119. The average molecular weight is 568 g/mol. The zero-order chi connectivity index (χ0) is 29.4. The summed E-state index contributed by atoms with van der Waals surface area (Å²) < 4.78 is 7.34. The molecule has 2 atom stereocenters. The molecule has 0 radical (unpaired) electrons. The fourth-order valence-corrected chi connectivity index (χ4v) is 6.51. The highest BCUT2D eigenvalue weighted by Gasteiger charge is 2.42. The van der Waals surface area contributed by atoms with Gasteiger partial charge in [-0.25, -0.2) is 0 Å². The van der Waals surface area contributed by atoms with Gasteiger partial charge in [0.15, 0.2) is 5.11 Å². The summed E-state index contributed by atoms with van der Waals surface area (Å²) in [5.74, 6) is -0.191. The smallest absolute Gasteiger partial charge is 0.250 e. The van der Waals surface area contributed by atoms with E-state index < -0.39 is 0 Å². The summed E-state index contributed by atoms with van der Waals surface area (Å²) >= 11 is 5.98. The van der Waals surface area contributed by atoms with E-state index in [1.807, 2.05) is 43.5 Å². The summed E-state index contributed by atoms with van der Waals surface area (Å²) in [6, 6.07) is 18.5. The van der Waals surface area contributed by atoms with Crippen LogP contribution in [-0.4, -0.2) is 34.3 Å². The standard InChI is InChI=1S/C33H37N5O2S/c1-19-14-21(3)31(22(4)15-19)37-23(5)17-26(24(37)6)32-30(28-10-8-9-13-34-28)36-33(41)38(32)25-11-12-27(20(2)16-25)35-29(39)18-40-7/h8-17,30,32H,18H2,1-7H3,(H,35,39)(H,36,41)/t30-,32+/m1/s1. The maximum Gasteiger partial charge on any atom is 0.250 e. The van der Waals surface area contributed by atoms with Crippen LogP contribution in [0, 0.1) is 41.5 Å². The van der Waals surface area contributed by atoms with Crippen LogP contribution in [0.3, 0.4) is 0 Å². The number of thiocarbonyl (C=S) groups is 1. The molecule has 3 heterocycles. The molecule has 2 aromatic heterocycles. The number of ether oxygens (including phenoxy) is 1. The van der Waals surface area contributed by atoms with Gasteiger partial charge in [0, 0.05) is 36.1 Å². The van der Waals surface area contributed by atoms with Gasteiger partial charge in [-0.2, -0.15) is 0 Å². The fourth-order valence-electron chi connectivity index (χ4n) is 6.16. The Morgan fingerprint density at radius 3 is 2.37 bits per heavy atom. The lowest BCUT2D eigenvalue weighted by Gasteiger charge is -2.29. The Labute approximate surface area is 247 Å². The normalized spacial score (nSPS) is 16.7. The summed E-state index contributed by atoms with van der Waals surface area (Å²) in [5, 5.41) is 7.13. The van der Waals surface area contributed by atoms with Gasteiger partial charge in [0.25, 0.3) is 0 Å². The Morgan fingerprint density at radius 2 is 1.73 bits per heavy atom. The van der Waals surface area contributed by atoms with E-state index in [1.165, 1.54) is 40.7 Å². The van der Waals surface area contributed by atoms with Gasteiger partial charge < -0.3 is 24.8 Å². The number of hydrogen-bond donors (Lipinski definition) is 2. The van der Waals surface area contributed by atoms with Crippen molar-refractivity contribution in [3.63, 3.8) is 0 Å². The van der Waals surface area contributed by atoms with Crippen molar-refractivity contribution in [1.29, 1.82) is 0 Å². The largest absolute Gasteiger partial charge is 0.375 e. The second-order valence-corrected chi connectivity index (χ2v) is 11.3. The number of anilines is 2. The zero-order valence-electron chi connectivity index (χ0n) is 24.7. The molecule has 212 valence electrons. The van der Waals surface area contributed by atoms with E-state index in [9.17, 15) is 4.79 Å². The highest BCUT2D eigenvalue weighted by Crippen LogP contribution is 2.44. The number of methoxy groups -OCH3 is 1. The number of nitrogens with one attached hydrogen (secondary N) is 2. The van der Waals surface area contributed by atoms with Crippen molar-refractivity contribution in [1.82, 2.24) is 14.9 Å². The van der Waals surface area contributed by atoms with Crippen LogP contribution in [0.5, 0.6) is 0 Å². The van der Waals surface area contributed by atoms with Crippen LogP contribution in [0.25, 0.3) is 5.69 Å². The van der Waals surface area contributed by atoms with Crippen molar-refractivity contribution in [3.05, 3.63) is 106 Å². The number of pyridine rings is 1. The highest BCUT2D eigenvalue weighted by atomic mass is 32.1. The number of amides is 1.